The van der Waals surface area contributed by atoms with E-state index in [-0.39, 0.29) is 40.4 Å². The number of carbonyl (C=O) groups excluding carboxylic acids is 1. The third-order valence-corrected chi connectivity index (χ3v) is 12.0. The summed E-state index contributed by atoms with van der Waals surface area (Å²) < 4.78 is 64.2. The molecule has 0 saturated carbocycles. The van der Waals surface area contributed by atoms with Gasteiger partial charge in [-0.05, 0) is 36.8 Å². The van der Waals surface area contributed by atoms with Gasteiger partial charge in [-0.2, -0.15) is 8.61 Å². The minimum atomic E-state index is -4.20. The van der Waals surface area contributed by atoms with E-state index in [1.54, 1.807) is 42.5 Å². The van der Waals surface area contributed by atoms with E-state index in [0.717, 1.165) is 22.0 Å². The highest BCUT2D eigenvalue weighted by Crippen LogP contribution is 2.48. The van der Waals surface area contributed by atoms with Crippen LogP contribution in [0.15, 0.2) is 88.7 Å². The maximum Gasteiger partial charge on any atom is 0.304 e. The molecule has 3 aromatic carbocycles. The van der Waals surface area contributed by atoms with E-state index in [1.807, 2.05) is 34.6 Å². The van der Waals surface area contributed by atoms with Gasteiger partial charge in [-0.25, -0.2) is 16.8 Å². The molecule has 0 N–H and O–H groups in total. The molecule has 4 rings (SSSR count). The number of hydrogen-bond acceptors (Lipinski definition) is 8. The zero-order chi connectivity index (χ0) is 34.7. The molecule has 1 heterocycles. The second kappa shape index (κ2) is 13.9. The van der Waals surface area contributed by atoms with E-state index in [0.29, 0.717) is 5.56 Å². The summed E-state index contributed by atoms with van der Waals surface area (Å²) in [6, 6.07) is 18.2. The first-order valence-electron chi connectivity index (χ1n) is 15.1. The lowest BCUT2D eigenvalue weighted by Crippen LogP contribution is -2.44. The topological polar surface area (TPSA) is 144 Å². The van der Waals surface area contributed by atoms with E-state index >= 15 is 0 Å². The van der Waals surface area contributed by atoms with Gasteiger partial charge in [0.25, 0.3) is 5.69 Å². The fourth-order valence-electron chi connectivity index (χ4n) is 5.68. The van der Waals surface area contributed by atoms with Gasteiger partial charge in [0.15, 0.2) is 5.60 Å². The van der Waals surface area contributed by atoms with Crippen molar-refractivity contribution in [3.05, 3.63) is 100 Å². The third-order valence-electron chi connectivity index (χ3n) is 8.26. The summed E-state index contributed by atoms with van der Waals surface area (Å²) in [5, 5.41) is 11.2. The number of rotatable bonds is 12. The number of non-ortho nitro benzene ring substituents is 1. The van der Waals surface area contributed by atoms with E-state index in [2.05, 4.69) is 11.8 Å². The fourth-order valence-corrected chi connectivity index (χ4v) is 8.81. The Hall–Kier alpha value is -4.09. The van der Waals surface area contributed by atoms with Crippen LogP contribution in [0, 0.1) is 40.7 Å². The smallest absolute Gasteiger partial charge is 0.304 e. The van der Waals surface area contributed by atoms with Crippen LogP contribution in [0.1, 0.15) is 51.8 Å². The molecule has 0 spiro atoms. The second-order valence-corrected chi connectivity index (χ2v) is 15.9. The summed E-state index contributed by atoms with van der Waals surface area (Å²) in [5.41, 5.74) is 0.0903. The number of benzene rings is 3. The number of hydrogen-bond donors (Lipinski definition) is 0. The maximum atomic E-state index is 14.1. The number of carbonyl (C=O) groups is 1. The Balaban J connectivity index is 1.78. The van der Waals surface area contributed by atoms with Crippen LogP contribution in [0.5, 0.6) is 0 Å². The number of esters is 1. The maximum absolute atomic E-state index is 14.1. The Morgan fingerprint density at radius 2 is 1.49 bits per heavy atom. The van der Waals surface area contributed by atoms with Gasteiger partial charge in [0.1, 0.15) is 0 Å². The highest BCUT2D eigenvalue weighted by atomic mass is 32.2. The number of aryl methyl sites for hydroxylation is 1. The summed E-state index contributed by atoms with van der Waals surface area (Å²) in [6.45, 7) is 10.1. The van der Waals surface area contributed by atoms with Crippen LogP contribution in [-0.4, -0.2) is 61.1 Å². The van der Waals surface area contributed by atoms with Gasteiger partial charge < -0.3 is 4.74 Å². The molecule has 3 unspecified atom stereocenters. The zero-order valence-corrected chi connectivity index (χ0v) is 28.8. The lowest BCUT2D eigenvalue weighted by molar-refractivity contribution is -0.384. The minimum absolute atomic E-state index is 0.0190. The monoisotopic (exact) mass is 681 g/mol. The van der Waals surface area contributed by atoms with Crippen LogP contribution in [0.2, 0.25) is 0 Å². The Kier molecular flexibility index (Phi) is 10.6. The summed E-state index contributed by atoms with van der Waals surface area (Å²) in [4.78, 5) is 22.5. The average Bonchev–Trinajstić information content (AvgIpc) is 3.75. The first kappa shape index (κ1) is 35.8. The van der Waals surface area contributed by atoms with Crippen molar-refractivity contribution in [3.8, 4) is 11.8 Å². The molecule has 0 radical (unpaired) electrons. The first-order valence-corrected chi connectivity index (χ1v) is 18.0. The van der Waals surface area contributed by atoms with Crippen LogP contribution in [0.25, 0.3) is 0 Å². The van der Waals surface area contributed by atoms with Gasteiger partial charge in [0.05, 0.1) is 33.3 Å². The Morgan fingerprint density at radius 3 is 2.00 bits per heavy atom. The molecule has 47 heavy (non-hydrogen) atoms. The molecule has 0 aliphatic carbocycles. The predicted octanol–water partition coefficient (Wildman–Crippen LogP) is 5.33. The molecule has 0 bridgehead atoms. The molecule has 1 fully saturated rings. The van der Waals surface area contributed by atoms with Gasteiger partial charge in [0.2, 0.25) is 20.0 Å². The van der Waals surface area contributed by atoms with Crippen molar-refractivity contribution in [2.75, 3.05) is 13.1 Å². The number of nitrogens with zero attached hydrogens (tertiary/aromatic N) is 3. The molecule has 1 aliphatic rings. The number of sulfonamides is 2. The molecular weight excluding hydrogens is 643 g/mol. The van der Waals surface area contributed by atoms with E-state index < -0.39 is 48.6 Å². The molecule has 250 valence electrons. The van der Waals surface area contributed by atoms with Crippen molar-refractivity contribution in [2.45, 2.75) is 69.0 Å². The summed E-state index contributed by atoms with van der Waals surface area (Å²) in [5.74, 6) is 5.08. The Labute approximate surface area is 276 Å². The van der Waals surface area contributed by atoms with Crippen LogP contribution in [0.3, 0.4) is 0 Å². The minimum Gasteiger partial charge on any atom is -0.445 e. The van der Waals surface area contributed by atoms with Crippen molar-refractivity contribution < 1.29 is 31.3 Å². The number of ether oxygens (including phenoxy) is 1. The highest BCUT2D eigenvalue weighted by Gasteiger charge is 2.57. The second-order valence-electron chi connectivity index (χ2n) is 12.1. The summed E-state index contributed by atoms with van der Waals surface area (Å²) in [7, 11) is -8.38. The molecule has 1 aliphatic heterocycles. The predicted molar refractivity (Wildman–Crippen MR) is 177 cm³/mol. The van der Waals surface area contributed by atoms with Crippen LogP contribution in [-0.2, 0) is 29.6 Å². The fraction of sp³-hybridized carbons (Fsp3) is 0.382. The molecule has 3 aromatic rings. The van der Waals surface area contributed by atoms with Crippen LogP contribution >= 0.6 is 0 Å². The van der Waals surface area contributed by atoms with Crippen LogP contribution in [0.4, 0.5) is 5.69 Å². The van der Waals surface area contributed by atoms with Crippen molar-refractivity contribution in [1.29, 1.82) is 0 Å². The molecule has 0 amide bonds. The Morgan fingerprint density at radius 1 is 0.936 bits per heavy atom. The van der Waals surface area contributed by atoms with E-state index in [4.69, 9.17) is 4.74 Å². The molecular formula is C34H39N3O8S2. The largest absolute Gasteiger partial charge is 0.445 e. The van der Waals surface area contributed by atoms with E-state index in [1.165, 1.54) is 35.5 Å². The molecule has 1 saturated heterocycles. The van der Waals surface area contributed by atoms with Gasteiger partial charge >= 0.3 is 5.97 Å². The highest BCUT2D eigenvalue weighted by molar-refractivity contribution is 7.89. The Bertz CT molecular complexity index is 1870. The summed E-state index contributed by atoms with van der Waals surface area (Å²) in [6.07, 6.45) is 0. The van der Waals surface area contributed by atoms with Gasteiger partial charge in [0, 0.05) is 37.4 Å². The SMILES string of the molecule is CC(=O)OC(C#CCN(CC1C(c2ccccc2)N1S(=O)(=O)c1ccc([N+](=O)[O-])cc1)S(=O)(=O)c1ccc(C)cc1)(C(C)C)C(C)C. The van der Waals surface area contributed by atoms with Gasteiger partial charge in [-0.3, -0.25) is 14.9 Å². The first-order chi connectivity index (χ1) is 22.0. The van der Waals surface area contributed by atoms with Crippen molar-refractivity contribution in [2.24, 2.45) is 11.8 Å². The standard InChI is InChI=1S/C34H39N3O8S2/c1-24(2)34(25(3)4,45-27(6)38)21-10-22-35(46(41,42)30-17-13-26(5)14-18-30)23-32-33(28-11-8-7-9-12-28)36(32)47(43,44)31-19-15-29(16-20-31)37(39)40/h7-9,11-20,24-25,32-33H,22-23H2,1-6H3. The quantitative estimate of drug-likeness (QED) is 0.0821. The zero-order valence-electron chi connectivity index (χ0n) is 27.2. The van der Waals surface area contributed by atoms with Crippen LogP contribution < -0.4 is 0 Å². The normalized spacial score (nSPS) is 18.1. The third kappa shape index (κ3) is 7.57. The lowest BCUT2D eigenvalue weighted by atomic mass is 9.80. The number of nitro groups is 1. The number of nitro benzene ring substituents is 1. The van der Waals surface area contributed by atoms with E-state index in [9.17, 15) is 31.7 Å². The van der Waals surface area contributed by atoms with Crippen molar-refractivity contribution >= 4 is 31.7 Å². The van der Waals surface area contributed by atoms with Gasteiger partial charge in [-0.1, -0.05) is 87.6 Å². The van der Waals surface area contributed by atoms with Crippen molar-refractivity contribution in [1.82, 2.24) is 8.61 Å². The molecule has 11 nitrogen and oxygen atoms in total. The van der Waals surface area contributed by atoms with Gasteiger partial charge in [-0.15, -0.1) is 0 Å². The average molecular weight is 682 g/mol. The summed E-state index contributed by atoms with van der Waals surface area (Å²) >= 11 is 0. The lowest BCUT2D eigenvalue weighted by Gasteiger charge is -2.35. The molecule has 13 heteroatoms. The van der Waals surface area contributed by atoms with Crippen molar-refractivity contribution in [3.63, 3.8) is 0 Å². The molecule has 0 aromatic heterocycles. The molecule has 3 atom stereocenters.